The van der Waals surface area contributed by atoms with Crippen molar-refractivity contribution < 1.29 is 14.3 Å². The van der Waals surface area contributed by atoms with Gasteiger partial charge in [0, 0.05) is 21.8 Å². The van der Waals surface area contributed by atoms with Gasteiger partial charge in [0.05, 0.1) is 19.9 Å². The van der Waals surface area contributed by atoms with Crippen LogP contribution in [0.25, 0.3) is 11.1 Å². The molecule has 6 nitrogen and oxygen atoms in total. The molecule has 1 aliphatic rings. The van der Waals surface area contributed by atoms with Crippen LogP contribution in [0.4, 0.5) is 10.5 Å². The van der Waals surface area contributed by atoms with Crippen LogP contribution in [0.3, 0.4) is 0 Å². The SMILES string of the molecule is COc1ccc2c(c1)C(=NNC(=O)Nc1ccc(Cl)cc1)c1cc(OC)ccc1-2. The van der Waals surface area contributed by atoms with Gasteiger partial charge in [0.1, 0.15) is 11.5 Å². The number of anilines is 1. The van der Waals surface area contributed by atoms with E-state index in [9.17, 15) is 4.79 Å². The molecule has 0 spiro atoms. The number of rotatable bonds is 4. The summed E-state index contributed by atoms with van der Waals surface area (Å²) >= 11 is 5.87. The molecule has 0 bridgehead atoms. The minimum Gasteiger partial charge on any atom is -0.497 e. The molecular weight excluding hydrogens is 390 g/mol. The third-order valence-electron chi connectivity index (χ3n) is 4.63. The Bertz CT molecular complexity index is 1060. The first kappa shape index (κ1) is 18.8. The molecule has 0 aromatic heterocycles. The van der Waals surface area contributed by atoms with Crippen LogP contribution in [-0.4, -0.2) is 26.0 Å². The summed E-state index contributed by atoms with van der Waals surface area (Å²) < 4.78 is 10.7. The number of nitrogens with zero attached hydrogens (tertiary/aromatic N) is 1. The highest BCUT2D eigenvalue weighted by atomic mass is 35.5. The average molecular weight is 408 g/mol. The fourth-order valence-electron chi connectivity index (χ4n) is 3.23. The van der Waals surface area contributed by atoms with E-state index in [0.717, 1.165) is 22.3 Å². The number of urea groups is 1. The summed E-state index contributed by atoms with van der Waals surface area (Å²) in [4.78, 5) is 12.3. The number of benzene rings is 3. The maximum atomic E-state index is 12.3. The summed E-state index contributed by atoms with van der Waals surface area (Å²) in [5.74, 6) is 1.42. The Kier molecular flexibility index (Phi) is 5.10. The van der Waals surface area contributed by atoms with Gasteiger partial charge in [0.15, 0.2) is 0 Å². The molecule has 0 saturated heterocycles. The van der Waals surface area contributed by atoms with E-state index in [1.165, 1.54) is 0 Å². The lowest BCUT2D eigenvalue weighted by atomic mass is 10.1. The first-order valence-electron chi connectivity index (χ1n) is 8.86. The summed E-state index contributed by atoms with van der Waals surface area (Å²) in [5, 5.41) is 7.70. The number of methoxy groups -OCH3 is 2. The number of hydrazone groups is 1. The van der Waals surface area contributed by atoms with Gasteiger partial charge in [0.25, 0.3) is 0 Å². The number of carbonyl (C=O) groups is 1. The Morgan fingerprint density at radius 3 is 1.90 bits per heavy atom. The zero-order chi connectivity index (χ0) is 20.4. The topological polar surface area (TPSA) is 72.0 Å². The molecular formula is C22H18ClN3O3. The van der Waals surface area contributed by atoms with Crippen molar-refractivity contribution in [2.75, 3.05) is 19.5 Å². The normalized spacial score (nSPS) is 11.3. The number of hydrogen-bond donors (Lipinski definition) is 2. The molecule has 7 heteroatoms. The van der Waals surface area contributed by atoms with Crippen LogP contribution < -0.4 is 20.2 Å². The summed E-state index contributed by atoms with van der Waals surface area (Å²) in [7, 11) is 3.23. The molecule has 29 heavy (non-hydrogen) atoms. The number of amides is 2. The van der Waals surface area contributed by atoms with E-state index < -0.39 is 6.03 Å². The Morgan fingerprint density at radius 1 is 0.828 bits per heavy atom. The van der Waals surface area contributed by atoms with Crippen LogP contribution in [0, 0.1) is 0 Å². The lowest BCUT2D eigenvalue weighted by molar-refractivity contribution is 0.252. The molecule has 0 aliphatic heterocycles. The van der Waals surface area contributed by atoms with Crippen molar-refractivity contribution in [3.63, 3.8) is 0 Å². The van der Waals surface area contributed by atoms with E-state index in [2.05, 4.69) is 15.8 Å². The lowest BCUT2D eigenvalue weighted by Crippen LogP contribution is -2.25. The van der Waals surface area contributed by atoms with Crippen LogP contribution in [0.2, 0.25) is 5.02 Å². The predicted octanol–water partition coefficient (Wildman–Crippen LogP) is 4.91. The minimum absolute atomic E-state index is 0.458. The second-order valence-corrected chi connectivity index (χ2v) is 6.79. The van der Waals surface area contributed by atoms with Crippen LogP contribution in [0.15, 0.2) is 65.8 Å². The van der Waals surface area contributed by atoms with Crippen LogP contribution in [0.1, 0.15) is 11.1 Å². The van der Waals surface area contributed by atoms with Crippen molar-refractivity contribution >= 4 is 29.0 Å². The lowest BCUT2D eigenvalue weighted by Gasteiger charge is -2.07. The predicted molar refractivity (Wildman–Crippen MR) is 114 cm³/mol. The number of carbonyl (C=O) groups excluding carboxylic acids is 1. The molecule has 0 saturated carbocycles. The minimum atomic E-state index is -0.458. The second kappa shape index (κ2) is 7.85. The number of fused-ring (bicyclic) bond motifs is 3. The largest absolute Gasteiger partial charge is 0.497 e. The molecule has 0 atom stereocenters. The van der Waals surface area contributed by atoms with E-state index in [4.69, 9.17) is 21.1 Å². The molecule has 0 unspecified atom stereocenters. The molecule has 1 aliphatic carbocycles. The zero-order valence-corrected chi connectivity index (χ0v) is 16.6. The molecule has 2 N–H and O–H groups in total. The quantitative estimate of drug-likeness (QED) is 0.472. The van der Waals surface area contributed by atoms with Gasteiger partial charge in [-0.3, -0.25) is 0 Å². The zero-order valence-electron chi connectivity index (χ0n) is 15.8. The van der Waals surface area contributed by atoms with Gasteiger partial charge in [-0.2, -0.15) is 5.10 Å². The van der Waals surface area contributed by atoms with Crippen LogP contribution in [0.5, 0.6) is 11.5 Å². The smallest absolute Gasteiger partial charge is 0.339 e. The van der Waals surface area contributed by atoms with E-state index in [0.29, 0.717) is 27.9 Å². The van der Waals surface area contributed by atoms with Crippen molar-refractivity contribution in [1.29, 1.82) is 0 Å². The third kappa shape index (κ3) is 3.75. The van der Waals surface area contributed by atoms with Crippen molar-refractivity contribution in [3.8, 4) is 22.6 Å². The molecule has 2 amide bonds. The fraction of sp³-hybridized carbons (Fsp3) is 0.0909. The first-order valence-corrected chi connectivity index (χ1v) is 9.24. The van der Waals surface area contributed by atoms with E-state index in [1.54, 1.807) is 38.5 Å². The number of halogens is 1. The average Bonchev–Trinajstić information content (AvgIpc) is 3.05. The second-order valence-electron chi connectivity index (χ2n) is 6.36. The van der Waals surface area contributed by atoms with Gasteiger partial charge in [0.2, 0.25) is 0 Å². The maximum Gasteiger partial charge on any atom is 0.339 e. The Morgan fingerprint density at radius 2 is 1.38 bits per heavy atom. The summed E-state index contributed by atoms with van der Waals surface area (Å²) in [6, 6.07) is 17.9. The molecule has 0 radical (unpaired) electrons. The van der Waals surface area contributed by atoms with Crippen LogP contribution >= 0.6 is 11.6 Å². The molecule has 3 aromatic rings. The van der Waals surface area contributed by atoms with Crippen molar-refractivity contribution in [3.05, 3.63) is 76.8 Å². The highest BCUT2D eigenvalue weighted by Gasteiger charge is 2.26. The maximum absolute atomic E-state index is 12.3. The summed E-state index contributed by atoms with van der Waals surface area (Å²) in [6.07, 6.45) is 0. The standard InChI is InChI=1S/C22H18ClN3O3/c1-28-15-7-9-17-18-10-8-16(29-2)12-20(18)21(19(17)11-15)25-26-22(27)24-14-5-3-13(23)4-6-14/h3-12H,1-2H3,(H2,24,26,27). The Balaban J connectivity index is 1.66. The van der Waals surface area contributed by atoms with Gasteiger partial charge in [-0.15, -0.1) is 0 Å². The Labute approximate surface area is 173 Å². The number of nitrogens with one attached hydrogen (secondary N) is 2. The molecule has 4 rings (SSSR count). The molecule has 0 heterocycles. The van der Waals surface area contributed by atoms with Gasteiger partial charge in [-0.25, -0.2) is 10.2 Å². The van der Waals surface area contributed by atoms with Crippen molar-refractivity contribution in [2.24, 2.45) is 5.10 Å². The van der Waals surface area contributed by atoms with E-state index in [1.807, 2.05) is 36.4 Å². The van der Waals surface area contributed by atoms with E-state index in [-0.39, 0.29) is 0 Å². The number of ether oxygens (including phenoxy) is 2. The van der Waals surface area contributed by atoms with Gasteiger partial charge < -0.3 is 14.8 Å². The molecule has 3 aromatic carbocycles. The van der Waals surface area contributed by atoms with Crippen molar-refractivity contribution in [2.45, 2.75) is 0 Å². The van der Waals surface area contributed by atoms with Gasteiger partial charge >= 0.3 is 6.03 Å². The van der Waals surface area contributed by atoms with Gasteiger partial charge in [-0.05, 0) is 71.8 Å². The van der Waals surface area contributed by atoms with Gasteiger partial charge in [-0.1, -0.05) is 11.6 Å². The highest BCUT2D eigenvalue weighted by molar-refractivity contribution is 6.30. The van der Waals surface area contributed by atoms with Crippen molar-refractivity contribution in [1.82, 2.24) is 5.43 Å². The molecule has 0 fully saturated rings. The summed E-state index contributed by atoms with van der Waals surface area (Å²) in [6.45, 7) is 0. The fourth-order valence-corrected chi connectivity index (χ4v) is 3.35. The number of hydrogen-bond acceptors (Lipinski definition) is 4. The van der Waals surface area contributed by atoms with E-state index >= 15 is 0 Å². The monoisotopic (exact) mass is 407 g/mol. The third-order valence-corrected chi connectivity index (χ3v) is 4.88. The molecule has 146 valence electrons. The highest BCUT2D eigenvalue weighted by Crippen LogP contribution is 2.40. The summed E-state index contributed by atoms with van der Waals surface area (Å²) in [5.41, 5.74) is 7.60. The Hall–Kier alpha value is -3.51. The first-order chi connectivity index (χ1) is 14.1. The van der Waals surface area contributed by atoms with Crippen LogP contribution in [-0.2, 0) is 0 Å².